The average Bonchev–Trinajstić information content (AvgIpc) is 3.21. The van der Waals surface area contributed by atoms with Gasteiger partial charge in [-0.05, 0) is 66.3 Å². The van der Waals surface area contributed by atoms with E-state index < -0.39 is 80.6 Å². The summed E-state index contributed by atoms with van der Waals surface area (Å²) in [6, 6.07) is 19.2. The fourth-order valence-electron chi connectivity index (χ4n) is 7.90. The molecule has 0 unspecified atom stereocenters. The van der Waals surface area contributed by atoms with Crippen molar-refractivity contribution < 1.29 is 50.4 Å². The minimum absolute atomic E-state index is 0.00244. The van der Waals surface area contributed by atoms with Crippen LogP contribution >= 0.6 is 0 Å². The minimum Gasteiger partial charge on any atom is -0.392 e. The van der Waals surface area contributed by atoms with Gasteiger partial charge in [-0.15, -0.1) is 0 Å². The first-order valence-corrected chi connectivity index (χ1v) is 21.5. The normalized spacial score (nSPS) is 27.7. The molecule has 302 valence electrons. The quantitative estimate of drug-likeness (QED) is 0.126. The van der Waals surface area contributed by atoms with Crippen molar-refractivity contribution in [1.82, 2.24) is 5.32 Å². The second-order valence-corrected chi connectivity index (χ2v) is 17.9. The number of aliphatic hydroxyl groups excluding tert-OH is 3. The van der Waals surface area contributed by atoms with Crippen molar-refractivity contribution in [1.29, 1.82) is 0 Å². The average molecular weight is 804 g/mol. The molecule has 6 N–H and O–H groups in total. The first-order valence-electron chi connectivity index (χ1n) is 18.5. The molecule has 0 radical (unpaired) electrons. The Bertz CT molecular complexity index is 2000. The standard InChI is InChI=1S/C39H53N3O11S2/c1-5-7-18-39(6-2)24-54(47,48)32-17-16-29(42(3)4)21-30(32)33(37(39)45)26-14-11-15-28(19-26)40-38(46)41-31-20-27(23-53-55(49,50)51)34(43)36(35(31)44)52-22-25-12-9-8-10-13-25/h8-17,19,21,27,31,33-37,43-45H,5-7,18,20,22-24H2,1-4H3,(H2,40,41,46)(H,49,50,51)/t27-,31-,33-,34-,35+,36+,37-,39-/m1/s1. The van der Waals surface area contributed by atoms with E-state index in [9.17, 15) is 41.5 Å². The molecule has 1 heterocycles. The molecule has 8 atom stereocenters. The molecule has 0 spiro atoms. The molecular weight excluding hydrogens is 751 g/mol. The molecule has 2 aliphatic rings. The molecule has 16 heteroatoms. The van der Waals surface area contributed by atoms with Crippen LogP contribution in [0.1, 0.15) is 68.6 Å². The van der Waals surface area contributed by atoms with Gasteiger partial charge in [0.15, 0.2) is 9.84 Å². The summed E-state index contributed by atoms with van der Waals surface area (Å²) in [6.45, 7) is 3.30. The van der Waals surface area contributed by atoms with E-state index >= 15 is 0 Å². The van der Waals surface area contributed by atoms with E-state index in [1.165, 1.54) is 0 Å². The number of aliphatic hydroxyl groups is 3. The number of hydrogen-bond donors (Lipinski definition) is 6. The van der Waals surface area contributed by atoms with Gasteiger partial charge in [-0.25, -0.2) is 17.4 Å². The molecule has 0 saturated heterocycles. The molecule has 1 aliphatic carbocycles. The second-order valence-electron chi connectivity index (χ2n) is 14.9. The van der Waals surface area contributed by atoms with Crippen molar-refractivity contribution in [2.24, 2.45) is 11.3 Å². The molecular formula is C39H53N3O11S2. The van der Waals surface area contributed by atoms with E-state index in [-0.39, 0.29) is 23.7 Å². The fourth-order valence-corrected chi connectivity index (χ4v) is 10.5. The zero-order valence-electron chi connectivity index (χ0n) is 31.5. The van der Waals surface area contributed by atoms with Crippen LogP contribution in [0.15, 0.2) is 77.7 Å². The Morgan fingerprint density at radius 1 is 0.982 bits per heavy atom. The zero-order valence-corrected chi connectivity index (χ0v) is 33.2. The minimum atomic E-state index is -4.85. The number of anilines is 2. The smallest absolute Gasteiger partial charge is 0.392 e. The van der Waals surface area contributed by atoms with Gasteiger partial charge in [-0.2, -0.15) is 8.42 Å². The molecule has 2 amide bonds. The highest BCUT2D eigenvalue weighted by Crippen LogP contribution is 2.49. The van der Waals surface area contributed by atoms with Gasteiger partial charge in [0.05, 0.1) is 42.1 Å². The summed E-state index contributed by atoms with van der Waals surface area (Å²) in [5.41, 5.74) is 1.96. The largest absolute Gasteiger partial charge is 0.397 e. The SMILES string of the molecule is CCCC[C@]1(CC)CS(=O)(=O)c2ccc(N(C)C)cc2[C@@H](c2cccc(NC(=O)N[C@@H]3C[C@H](COS(=O)(=O)O)[C@@H](O)[C@H](OCc4ccccc4)[C@H]3O)c2)[C@H]1O. The number of hydrogen-bond acceptors (Lipinski definition) is 11. The maximum Gasteiger partial charge on any atom is 0.397 e. The van der Waals surface area contributed by atoms with Gasteiger partial charge in [0, 0.05) is 42.7 Å². The molecule has 1 saturated carbocycles. The molecule has 1 aliphatic heterocycles. The summed E-state index contributed by atoms with van der Waals surface area (Å²) in [6.07, 6.45) is -2.79. The molecule has 0 bridgehead atoms. The van der Waals surface area contributed by atoms with Gasteiger partial charge in [-0.3, -0.25) is 4.55 Å². The van der Waals surface area contributed by atoms with Gasteiger partial charge in [0.25, 0.3) is 0 Å². The number of sulfone groups is 1. The highest BCUT2D eigenvalue weighted by Gasteiger charge is 2.49. The van der Waals surface area contributed by atoms with Crippen LogP contribution in [0, 0.1) is 11.3 Å². The van der Waals surface area contributed by atoms with Crippen molar-refractivity contribution in [3.05, 3.63) is 89.5 Å². The number of fused-ring (bicyclic) bond motifs is 1. The number of urea groups is 1. The van der Waals surface area contributed by atoms with Crippen LogP contribution in [-0.4, -0.2) is 99.7 Å². The number of benzene rings is 3. The Kier molecular flexibility index (Phi) is 13.7. The zero-order chi connectivity index (χ0) is 40.1. The second kappa shape index (κ2) is 17.7. The van der Waals surface area contributed by atoms with Crippen LogP contribution in [-0.2, 0) is 35.8 Å². The van der Waals surface area contributed by atoms with Gasteiger partial charge < -0.3 is 35.6 Å². The van der Waals surface area contributed by atoms with Crippen LogP contribution < -0.4 is 15.5 Å². The number of nitrogens with one attached hydrogen (secondary N) is 2. The lowest BCUT2D eigenvalue weighted by atomic mass is 9.69. The summed E-state index contributed by atoms with van der Waals surface area (Å²) in [4.78, 5) is 15.6. The number of rotatable bonds is 14. The number of unbranched alkanes of at least 4 members (excludes halogenated alkanes) is 1. The number of amides is 2. The molecule has 0 aromatic heterocycles. The Morgan fingerprint density at radius 2 is 1.71 bits per heavy atom. The molecule has 5 rings (SSSR count). The van der Waals surface area contributed by atoms with Crippen molar-refractivity contribution in [2.75, 3.05) is 36.7 Å². The third-order valence-electron chi connectivity index (χ3n) is 11.0. The van der Waals surface area contributed by atoms with E-state index in [1.54, 1.807) is 66.7 Å². The number of carbonyl (C=O) groups is 1. The fraction of sp³-hybridized carbons (Fsp3) is 0.513. The maximum absolute atomic E-state index is 14.0. The van der Waals surface area contributed by atoms with Gasteiger partial charge in [0.2, 0.25) is 0 Å². The summed E-state index contributed by atoms with van der Waals surface area (Å²) in [5.74, 6) is -1.93. The van der Waals surface area contributed by atoms with Crippen LogP contribution in [0.2, 0.25) is 0 Å². The van der Waals surface area contributed by atoms with Crippen LogP contribution in [0.4, 0.5) is 16.2 Å². The van der Waals surface area contributed by atoms with Crippen LogP contribution in [0.25, 0.3) is 0 Å². The van der Waals surface area contributed by atoms with Crippen molar-refractivity contribution >= 4 is 37.6 Å². The van der Waals surface area contributed by atoms with Gasteiger partial charge in [0.1, 0.15) is 12.2 Å². The molecule has 3 aromatic carbocycles. The molecule has 1 fully saturated rings. The molecule has 55 heavy (non-hydrogen) atoms. The summed E-state index contributed by atoms with van der Waals surface area (Å²) >= 11 is 0. The van der Waals surface area contributed by atoms with Gasteiger partial charge in [-0.1, -0.05) is 69.2 Å². The highest BCUT2D eigenvalue weighted by molar-refractivity contribution is 7.91. The predicted molar refractivity (Wildman–Crippen MR) is 208 cm³/mol. The van der Waals surface area contributed by atoms with Crippen LogP contribution in [0.5, 0.6) is 0 Å². The van der Waals surface area contributed by atoms with E-state index in [0.717, 1.165) is 24.1 Å². The number of ether oxygens (including phenoxy) is 1. The highest BCUT2D eigenvalue weighted by atomic mass is 32.3. The van der Waals surface area contributed by atoms with Gasteiger partial charge >= 0.3 is 16.4 Å². The van der Waals surface area contributed by atoms with E-state index in [1.807, 2.05) is 38.9 Å². The van der Waals surface area contributed by atoms with E-state index in [2.05, 4.69) is 14.8 Å². The summed E-state index contributed by atoms with van der Waals surface area (Å²) in [5, 5.41) is 40.2. The first-order chi connectivity index (χ1) is 26.0. The van der Waals surface area contributed by atoms with E-state index in [0.29, 0.717) is 29.7 Å². The third kappa shape index (κ3) is 10.0. The predicted octanol–water partition coefficient (Wildman–Crippen LogP) is 4.26. The summed E-state index contributed by atoms with van der Waals surface area (Å²) in [7, 11) is -4.95. The Hall–Kier alpha value is -3.61. The van der Waals surface area contributed by atoms with Crippen molar-refractivity contribution in [3.8, 4) is 0 Å². The maximum atomic E-state index is 14.0. The Labute approximate surface area is 323 Å². The topological polar surface area (TPSA) is 212 Å². The summed E-state index contributed by atoms with van der Waals surface area (Å²) < 4.78 is 70.5. The lowest BCUT2D eigenvalue weighted by Gasteiger charge is -2.42. The molecule has 14 nitrogen and oxygen atoms in total. The van der Waals surface area contributed by atoms with Crippen molar-refractivity contribution in [2.45, 2.75) is 93.8 Å². The Balaban J connectivity index is 1.43. The first kappa shape index (κ1) is 42.5. The monoisotopic (exact) mass is 803 g/mol. The molecule has 3 aromatic rings. The lowest BCUT2D eigenvalue weighted by Crippen LogP contribution is -2.61. The third-order valence-corrected chi connectivity index (χ3v) is 13.4. The number of carbonyl (C=O) groups excluding carboxylic acids is 1. The lowest BCUT2D eigenvalue weighted by molar-refractivity contribution is -0.159. The number of nitrogens with zero attached hydrogens (tertiary/aromatic N) is 1. The van der Waals surface area contributed by atoms with Crippen molar-refractivity contribution in [3.63, 3.8) is 0 Å². The Morgan fingerprint density at radius 3 is 2.36 bits per heavy atom. The van der Waals surface area contributed by atoms with Crippen LogP contribution in [0.3, 0.4) is 0 Å². The van der Waals surface area contributed by atoms with E-state index in [4.69, 9.17) is 4.74 Å².